The smallest absolute Gasteiger partial charge is 0.340 e. The number of carbonyl (C=O) groups is 2. The molecule has 0 bridgehead atoms. The number of carbonyl (C=O) groups excluding carboxylic acids is 2. The van der Waals surface area contributed by atoms with Gasteiger partial charge in [-0.15, -0.1) is 0 Å². The number of aryl methyl sites for hydroxylation is 2. The lowest BCUT2D eigenvalue weighted by Gasteiger charge is -2.29. The van der Waals surface area contributed by atoms with Gasteiger partial charge < -0.3 is 19.5 Å². The zero-order chi connectivity index (χ0) is 33.5. The first-order chi connectivity index (χ1) is 21.7. The van der Waals surface area contributed by atoms with Crippen LogP contribution in [0.5, 0.6) is 5.75 Å². The highest BCUT2D eigenvalue weighted by Gasteiger charge is 2.36. The minimum atomic E-state index is -1.27. The quantitative estimate of drug-likeness (QED) is 0.206. The molecule has 2 aromatic heterocycles. The van der Waals surface area contributed by atoms with Gasteiger partial charge in [0.2, 0.25) is 0 Å². The number of benzene rings is 2. The van der Waals surface area contributed by atoms with Gasteiger partial charge in [-0.3, -0.25) is 4.79 Å². The number of esters is 1. The number of hydrogen-bond acceptors (Lipinski definition) is 7. The number of hydrogen-bond donors (Lipinski definition) is 1. The number of rotatable bonds is 8. The summed E-state index contributed by atoms with van der Waals surface area (Å²) in [7, 11) is 0. The Kier molecular flexibility index (Phi) is 9.38. The number of halogens is 3. The van der Waals surface area contributed by atoms with E-state index in [0.717, 1.165) is 0 Å². The van der Waals surface area contributed by atoms with E-state index >= 15 is 4.39 Å². The van der Waals surface area contributed by atoms with Gasteiger partial charge >= 0.3 is 5.97 Å². The summed E-state index contributed by atoms with van der Waals surface area (Å²) in [6.45, 7) is 12.9. The Morgan fingerprint density at radius 3 is 2.57 bits per heavy atom. The SMILES string of the molecule is CCOC(=O)[C@@H](OC(C)(C)C)c1c(C)nc2c(Cl)c(C(=O)NCc3ccc(F)c(C)c3)nn2c1-c1cc(F)c2c(c1C)CCCO2. The third-order valence-corrected chi connectivity index (χ3v) is 8.10. The first-order valence-corrected chi connectivity index (χ1v) is 15.5. The molecule has 5 rings (SSSR count). The summed E-state index contributed by atoms with van der Waals surface area (Å²) in [4.78, 5) is 31.6. The van der Waals surface area contributed by atoms with Crippen LogP contribution in [0.1, 0.15) is 84.2 Å². The maximum Gasteiger partial charge on any atom is 0.340 e. The summed E-state index contributed by atoms with van der Waals surface area (Å²) >= 11 is 6.78. The second-order valence-corrected chi connectivity index (χ2v) is 12.7. The van der Waals surface area contributed by atoms with E-state index in [1.807, 2.05) is 6.92 Å². The molecule has 0 spiro atoms. The van der Waals surface area contributed by atoms with Crippen LogP contribution in [0.2, 0.25) is 5.02 Å². The fourth-order valence-electron chi connectivity index (χ4n) is 5.65. The number of ether oxygens (including phenoxy) is 3. The van der Waals surface area contributed by atoms with E-state index in [4.69, 9.17) is 25.8 Å². The molecule has 3 heterocycles. The van der Waals surface area contributed by atoms with E-state index in [9.17, 15) is 14.0 Å². The molecule has 0 radical (unpaired) electrons. The number of fused-ring (bicyclic) bond motifs is 2. The summed E-state index contributed by atoms with van der Waals surface area (Å²) in [5.74, 6) is -1.98. The zero-order valence-electron chi connectivity index (χ0n) is 26.9. The summed E-state index contributed by atoms with van der Waals surface area (Å²) in [6, 6.07) is 5.88. The minimum Gasteiger partial charge on any atom is -0.490 e. The molecule has 1 aliphatic heterocycles. The van der Waals surface area contributed by atoms with Crippen molar-refractivity contribution in [2.24, 2.45) is 0 Å². The highest BCUT2D eigenvalue weighted by atomic mass is 35.5. The van der Waals surface area contributed by atoms with Gasteiger partial charge in [0.25, 0.3) is 5.91 Å². The molecule has 9 nitrogen and oxygen atoms in total. The first-order valence-electron chi connectivity index (χ1n) is 15.1. The van der Waals surface area contributed by atoms with Crippen molar-refractivity contribution in [2.75, 3.05) is 13.2 Å². The van der Waals surface area contributed by atoms with Crippen molar-refractivity contribution in [3.8, 4) is 17.0 Å². The Morgan fingerprint density at radius 1 is 1.15 bits per heavy atom. The van der Waals surface area contributed by atoms with Gasteiger partial charge in [0.1, 0.15) is 10.8 Å². The maximum absolute atomic E-state index is 15.7. The maximum atomic E-state index is 15.7. The molecule has 1 N–H and O–H groups in total. The van der Waals surface area contributed by atoms with Gasteiger partial charge in [-0.1, -0.05) is 23.7 Å². The molecule has 1 aliphatic rings. The van der Waals surface area contributed by atoms with Crippen LogP contribution in [0.25, 0.3) is 16.9 Å². The molecule has 244 valence electrons. The van der Waals surface area contributed by atoms with Crippen LogP contribution in [-0.4, -0.2) is 45.3 Å². The predicted molar refractivity (Wildman–Crippen MR) is 169 cm³/mol. The van der Waals surface area contributed by atoms with Crippen LogP contribution in [0, 0.1) is 32.4 Å². The fourth-order valence-corrected chi connectivity index (χ4v) is 5.89. The fraction of sp³-hybridized carbons (Fsp3) is 0.412. The van der Waals surface area contributed by atoms with Gasteiger partial charge in [0.15, 0.2) is 29.0 Å². The van der Waals surface area contributed by atoms with Crippen molar-refractivity contribution in [3.63, 3.8) is 0 Å². The molecule has 2 aromatic carbocycles. The average molecular weight is 655 g/mol. The second-order valence-electron chi connectivity index (χ2n) is 12.3. The highest BCUT2D eigenvalue weighted by Crippen LogP contribution is 2.42. The van der Waals surface area contributed by atoms with Crippen LogP contribution in [-0.2, 0) is 27.2 Å². The van der Waals surface area contributed by atoms with Crippen LogP contribution < -0.4 is 10.1 Å². The van der Waals surface area contributed by atoms with E-state index in [0.29, 0.717) is 58.5 Å². The molecule has 46 heavy (non-hydrogen) atoms. The van der Waals surface area contributed by atoms with Gasteiger partial charge in [0, 0.05) is 28.9 Å². The van der Waals surface area contributed by atoms with Crippen LogP contribution in [0.15, 0.2) is 24.3 Å². The van der Waals surface area contributed by atoms with Crippen LogP contribution in [0.3, 0.4) is 0 Å². The van der Waals surface area contributed by atoms with E-state index < -0.39 is 29.4 Å². The van der Waals surface area contributed by atoms with Crippen molar-refractivity contribution in [3.05, 3.63) is 80.1 Å². The summed E-state index contributed by atoms with van der Waals surface area (Å²) in [5, 5.41) is 7.33. The molecule has 12 heteroatoms. The van der Waals surface area contributed by atoms with E-state index in [1.165, 1.54) is 16.6 Å². The summed E-state index contributed by atoms with van der Waals surface area (Å²) in [5.41, 5.74) is 3.09. The molecule has 1 amide bonds. The highest BCUT2D eigenvalue weighted by molar-refractivity contribution is 6.36. The number of aromatic nitrogens is 3. The molecule has 0 unspecified atom stereocenters. The molecule has 0 fully saturated rings. The molecule has 0 aliphatic carbocycles. The third-order valence-electron chi connectivity index (χ3n) is 7.75. The lowest BCUT2D eigenvalue weighted by atomic mass is 9.91. The van der Waals surface area contributed by atoms with E-state index in [2.05, 4.69) is 15.4 Å². The molecule has 0 saturated heterocycles. The molecule has 0 saturated carbocycles. The Hall–Kier alpha value is -4.09. The van der Waals surface area contributed by atoms with Gasteiger partial charge in [-0.05, 0) is 90.1 Å². The van der Waals surface area contributed by atoms with Crippen molar-refractivity contribution >= 4 is 29.1 Å². The summed E-state index contributed by atoms with van der Waals surface area (Å²) in [6.07, 6.45) is 0.0203. The monoisotopic (exact) mass is 654 g/mol. The molecule has 1 atom stereocenters. The third kappa shape index (κ3) is 6.43. The van der Waals surface area contributed by atoms with Crippen molar-refractivity contribution in [1.29, 1.82) is 0 Å². The Labute approximate surface area is 271 Å². The van der Waals surface area contributed by atoms with Crippen molar-refractivity contribution in [2.45, 2.75) is 79.6 Å². The van der Waals surface area contributed by atoms with E-state index in [1.54, 1.807) is 53.7 Å². The first kappa shape index (κ1) is 33.3. The van der Waals surface area contributed by atoms with Gasteiger partial charge in [-0.2, -0.15) is 5.10 Å². The lowest BCUT2D eigenvalue weighted by Crippen LogP contribution is -2.30. The van der Waals surface area contributed by atoms with Crippen molar-refractivity contribution in [1.82, 2.24) is 19.9 Å². The lowest BCUT2D eigenvalue weighted by molar-refractivity contribution is -0.166. The average Bonchev–Trinajstić information content (AvgIpc) is 3.33. The summed E-state index contributed by atoms with van der Waals surface area (Å²) < 4.78 is 48.2. The van der Waals surface area contributed by atoms with Gasteiger partial charge in [0.05, 0.1) is 24.5 Å². The molecular weight excluding hydrogens is 618 g/mol. The largest absolute Gasteiger partial charge is 0.490 e. The van der Waals surface area contributed by atoms with Crippen LogP contribution >= 0.6 is 11.6 Å². The normalized spacial score (nSPS) is 13.7. The Balaban J connectivity index is 1.74. The Morgan fingerprint density at radius 2 is 1.89 bits per heavy atom. The number of nitrogens with zero attached hydrogens (tertiary/aromatic N) is 3. The number of nitrogens with one attached hydrogen (secondary N) is 1. The predicted octanol–water partition coefficient (Wildman–Crippen LogP) is 6.93. The second kappa shape index (κ2) is 13.0. The number of amides is 1. The molecule has 4 aromatic rings. The zero-order valence-corrected chi connectivity index (χ0v) is 27.7. The standard InChI is InChI=1S/C34H37ClF2N4O5/c1-8-44-33(43)30(46-34(5,6)7)25-19(4)39-31-26(35)27(32(42)38-16-20-11-12-23(36)17(2)14-20)40-41(31)28(25)22-15-24(37)29-21(18(22)3)10-9-13-45-29/h11-12,14-15,30H,8-10,13,16H2,1-7H3,(H,38,42)/t30-/m0/s1. The Bertz CT molecular complexity index is 1850. The van der Waals surface area contributed by atoms with Crippen LogP contribution in [0.4, 0.5) is 8.78 Å². The minimum absolute atomic E-state index is 0.0347. The molecular formula is C34H37ClF2N4O5. The topological polar surface area (TPSA) is 104 Å². The van der Waals surface area contributed by atoms with Gasteiger partial charge in [-0.25, -0.2) is 23.1 Å². The van der Waals surface area contributed by atoms with E-state index in [-0.39, 0.29) is 46.8 Å². The van der Waals surface area contributed by atoms with Crippen molar-refractivity contribution < 1.29 is 32.6 Å².